The van der Waals surface area contributed by atoms with Crippen molar-refractivity contribution in [3.05, 3.63) is 78.6 Å². The molecule has 40 heavy (non-hydrogen) atoms. The Hall–Kier alpha value is -4.64. The number of benzene rings is 1. The molecule has 0 bridgehead atoms. The van der Waals surface area contributed by atoms with Gasteiger partial charge in [-0.1, -0.05) is 0 Å². The highest BCUT2D eigenvalue weighted by Gasteiger charge is 2.17. The summed E-state index contributed by atoms with van der Waals surface area (Å²) in [6, 6.07) is 12.4. The van der Waals surface area contributed by atoms with Crippen LogP contribution in [0.2, 0.25) is 0 Å². The largest absolute Gasteiger partial charge is 0.376 e. The van der Waals surface area contributed by atoms with E-state index in [2.05, 4.69) is 30.1 Å². The van der Waals surface area contributed by atoms with Gasteiger partial charge in [0, 0.05) is 60.2 Å². The first kappa shape index (κ1) is 25.6. The number of sulfone groups is 1. The number of hydrogen-bond acceptors (Lipinski definition) is 7. The van der Waals surface area contributed by atoms with Crippen molar-refractivity contribution in [1.29, 1.82) is 0 Å². The lowest BCUT2D eigenvalue weighted by molar-refractivity contribution is 0.600. The zero-order valence-electron chi connectivity index (χ0n) is 22.1. The zero-order valence-corrected chi connectivity index (χ0v) is 22.9. The van der Waals surface area contributed by atoms with E-state index in [1.165, 1.54) is 18.4 Å². The van der Waals surface area contributed by atoms with Gasteiger partial charge in [-0.3, -0.25) is 20.1 Å². The molecule has 202 valence electrons. The number of halogens is 1. The highest BCUT2D eigenvalue weighted by Crippen LogP contribution is 2.34. The molecule has 0 aliphatic rings. The highest BCUT2D eigenvalue weighted by molar-refractivity contribution is 7.90. The summed E-state index contributed by atoms with van der Waals surface area (Å²) in [6.07, 6.45) is 8.39. The van der Waals surface area contributed by atoms with Crippen LogP contribution >= 0.6 is 0 Å². The summed E-state index contributed by atoms with van der Waals surface area (Å²) in [5.41, 5.74) is 7.48. The van der Waals surface area contributed by atoms with E-state index in [1.807, 2.05) is 43.3 Å². The van der Waals surface area contributed by atoms with Gasteiger partial charge < -0.3 is 9.88 Å². The Kier molecular flexibility index (Phi) is 6.30. The van der Waals surface area contributed by atoms with Crippen molar-refractivity contribution < 1.29 is 12.8 Å². The summed E-state index contributed by atoms with van der Waals surface area (Å²) >= 11 is 0. The Bertz CT molecular complexity index is 2000. The maximum atomic E-state index is 14.6. The first-order valence-corrected chi connectivity index (χ1v) is 14.6. The maximum Gasteiger partial charge on any atom is 0.147 e. The number of aromatic nitrogens is 6. The van der Waals surface area contributed by atoms with Crippen LogP contribution in [0.1, 0.15) is 5.56 Å². The lowest BCUT2D eigenvalue weighted by atomic mass is 10.0. The van der Waals surface area contributed by atoms with E-state index in [4.69, 9.17) is 0 Å². The summed E-state index contributed by atoms with van der Waals surface area (Å²) in [4.78, 5) is 18.9. The van der Waals surface area contributed by atoms with Gasteiger partial charge in [-0.05, 0) is 54.4 Å². The van der Waals surface area contributed by atoms with E-state index >= 15 is 0 Å². The molecule has 5 aromatic heterocycles. The number of nitrogens with zero attached hydrogens (tertiary/aromatic N) is 5. The van der Waals surface area contributed by atoms with Crippen molar-refractivity contribution in [1.82, 2.24) is 30.1 Å². The third-order valence-corrected chi connectivity index (χ3v) is 7.72. The molecule has 6 rings (SSSR count). The summed E-state index contributed by atoms with van der Waals surface area (Å²) in [6.45, 7) is 0. The molecule has 0 radical (unpaired) electrons. The van der Waals surface area contributed by atoms with Crippen molar-refractivity contribution in [2.24, 2.45) is 0 Å². The Morgan fingerprint density at radius 2 is 1.73 bits per heavy atom. The fourth-order valence-corrected chi connectivity index (χ4v) is 5.34. The molecule has 6 aromatic rings. The second kappa shape index (κ2) is 9.83. The molecule has 0 aliphatic carbocycles. The van der Waals surface area contributed by atoms with Crippen LogP contribution in [-0.4, -0.2) is 64.7 Å². The lowest BCUT2D eigenvalue weighted by Gasteiger charge is -2.12. The van der Waals surface area contributed by atoms with Gasteiger partial charge in [0.05, 0.1) is 46.4 Å². The van der Waals surface area contributed by atoms with Crippen molar-refractivity contribution in [3.8, 4) is 33.9 Å². The van der Waals surface area contributed by atoms with Crippen LogP contribution in [0, 0.1) is 5.82 Å². The molecule has 0 aliphatic heterocycles. The molecule has 0 saturated carbocycles. The minimum absolute atomic E-state index is 0.0552. The van der Waals surface area contributed by atoms with Crippen LogP contribution in [0.3, 0.4) is 0 Å². The number of nitrogens with one attached hydrogen (secondary N) is 2. The number of aryl methyl sites for hydroxylation is 1. The molecule has 0 unspecified atom stereocenters. The monoisotopic (exact) mass is 555 g/mol. The minimum atomic E-state index is -3.18. The van der Waals surface area contributed by atoms with Crippen LogP contribution in [-0.2, 0) is 16.3 Å². The number of aromatic amines is 2. The molecular formula is C29H26FN7O2S. The van der Waals surface area contributed by atoms with E-state index in [0.717, 1.165) is 44.4 Å². The predicted octanol–water partition coefficient (Wildman–Crippen LogP) is 5.02. The molecule has 5 heterocycles. The van der Waals surface area contributed by atoms with E-state index in [-0.39, 0.29) is 12.2 Å². The summed E-state index contributed by atoms with van der Waals surface area (Å²) < 4.78 is 37.9. The van der Waals surface area contributed by atoms with Crippen molar-refractivity contribution in [2.75, 3.05) is 31.0 Å². The molecule has 0 fully saturated rings. The Morgan fingerprint density at radius 1 is 0.900 bits per heavy atom. The fraction of sp³-hybridized carbons (Fsp3) is 0.172. The normalized spacial score (nSPS) is 11.9. The summed E-state index contributed by atoms with van der Waals surface area (Å²) in [7, 11) is 0.749. The fourth-order valence-electron chi connectivity index (χ4n) is 4.74. The van der Waals surface area contributed by atoms with E-state index in [9.17, 15) is 12.8 Å². The predicted molar refractivity (Wildman–Crippen MR) is 155 cm³/mol. The minimum Gasteiger partial charge on any atom is -0.376 e. The van der Waals surface area contributed by atoms with Gasteiger partial charge in [-0.15, -0.1) is 0 Å². The molecule has 0 atom stereocenters. The molecule has 0 saturated heterocycles. The SMILES string of the molecule is CN(C)c1cncc(-c2cc3c(-c4cc5c(-c6cc(F)cc(CCS(C)(=O)=O)c6)nccc5[nH]4)n[nH]c3cn2)c1. The van der Waals surface area contributed by atoms with Crippen molar-refractivity contribution in [2.45, 2.75) is 6.42 Å². The van der Waals surface area contributed by atoms with Crippen LogP contribution in [0.25, 0.3) is 55.7 Å². The van der Waals surface area contributed by atoms with Gasteiger partial charge in [-0.2, -0.15) is 5.10 Å². The third-order valence-electron chi connectivity index (χ3n) is 6.78. The quantitative estimate of drug-likeness (QED) is 0.284. The van der Waals surface area contributed by atoms with Crippen LogP contribution < -0.4 is 4.90 Å². The Morgan fingerprint density at radius 3 is 2.52 bits per heavy atom. The zero-order chi connectivity index (χ0) is 28.0. The van der Waals surface area contributed by atoms with Crippen molar-refractivity contribution in [3.63, 3.8) is 0 Å². The number of rotatable bonds is 7. The summed E-state index contributed by atoms with van der Waals surface area (Å²) in [5, 5.41) is 9.30. The van der Waals surface area contributed by atoms with Gasteiger partial charge in [0.15, 0.2) is 0 Å². The maximum absolute atomic E-state index is 14.6. The lowest BCUT2D eigenvalue weighted by Crippen LogP contribution is -2.08. The number of pyridine rings is 3. The topological polar surface area (TPSA) is 121 Å². The van der Waals surface area contributed by atoms with E-state index < -0.39 is 15.7 Å². The van der Waals surface area contributed by atoms with Crippen LogP contribution in [0.4, 0.5) is 10.1 Å². The van der Waals surface area contributed by atoms with Crippen LogP contribution in [0.5, 0.6) is 0 Å². The number of H-pyrrole nitrogens is 2. The standard InChI is InChI=1S/C29H26FN7O2S/c1-37(2)21-11-19(14-31-15-21)25-12-23-27(16-33-25)35-36-29(23)26-13-22-24(34-26)4-6-32-28(22)18-8-17(9-20(30)10-18)5-7-40(3,38)39/h4,6,8-16,34H,5,7H2,1-3H3,(H,35,36). The van der Waals surface area contributed by atoms with Crippen molar-refractivity contribution >= 4 is 37.3 Å². The second-order valence-corrected chi connectivity index (χ2v) is 12.3. The average molecular weight is 556 g/mol. The van der Waals surface area contributed by atoms with Gasteiger partial charge in [-0.25, -0.2) is 12.8 Å². The van der Waals surface area contributed by atoms with E-state index in [1.54, 1.807) is 30.9 Å². The molecule has 9 nitrogen and oxygen atoms in total. The Balaban J connectivity index is 1.42. The molecular weight excluding hydrogens is 529 g/mol. The second-order valence-electron chi connectivity index (χ2n) is 10.0. The van der Waals surface area contributed by atoms with Gasteiger partial charge in [0.1, 0.15) is 21.3 Å². The summed E-state index contributed by atoms with van der Waals surface area (Å²) in [5.74, 6) is -0.498. The smallest absolute Gasteiger partial charge is 0.147 e. The Labute approximate surface area is 230 Å². The van der Waals surface area contributed by atoms with Crippen LogP contribution in [0.15, 0.2) is 67.3 Å². The molecule has 0 spiro atoms. The third kappa shape index (κ3) is 5.03. The number of fused-ring (bicyclic) bond motifs is 2. The van der Waals surface area contributed by atoms with Gasteiger partial charge in [0.25, 0.3) is 0 Å². The highest BCUT2D eigenvalue weighted by atomic mass is 32.2. The molecule has 1 aromatic carbocycles. The molecule has 0 amide bonds. The number of hydrogen-bond donors (Lipinski definition) is 2. The molecule has 11 heteroatoms. The molecule has 2 N–H and O–H groups in total. The first-order chi connectivity index (χ1) is 19.1. The van der Waals surface area contributed by atoms with Gasteiger partial charge >= 0.3 is 0 Å². The number of anilines is 1. The average Bonchev–Trinajstić information content (AvgIpc) is 3.55. The van der Waals surface area contributed by atoms with Gasteiger partial charge in [0.2, 0.25) is 0 Å². The van der Waals surface area contributed by atoms with E-state index in [0.29, 0.717) is 22.5 Å². The first-order valence-electron chi connectivity index (χ1n) is 12.6.